The van der Waals surface area contributed by atoms with Gasteiger partial charge in [-0.25, -0.2) is 0 Å². The Kier molecular flexibility index (Phi) is 3.82. The van der Waals surface area contributed by atoms with Crippen LogP contribution in [-0.2, 0) is 9.53 Å². The summed E-state index contributed by atoms with van der Waals surface area (Å²) in [6.45, 7) is 7.72. The van der Waals surface area contributed by atoms with Crippen LogP contribution in [-0.4, -0.2) is 22.6 Å². The van der Waals surface area contributed by atoms with E-state index in [1.54, 1.807) is 0 Å². The maximum Gasteiger partial charge on any atom is 0.210 e. The van der Waals surface area contributed by atoms with E-state index in [4.69, 9.17) is 4.74 Å². The van der Waals surface area contributed by atoms with Gasteiger partial charge in [0.15, 0.2) is 0 Å². The molecule has 0 fully saturated rings. The molecule has 3 nitrogen and oxygen atoms in total. The van der Waals surface area contributed by atoms with Crippen LogP contribution in [0.2, 0.25) is 0 Å². The number of allylic oxidation sites excluding steroid dienone is 4. The Balaban J connectivity index is 2.04. The van der Waals surface area contributed by atoms with Crippen LogP contribution in [0.1, 0.15) is 19.4 Å². The van der Waals surface area contributed by atoms with E-state index in [-0.39, 0.29) is 17.8 Å². The van der Waals surface area contributed by atoms with Gasteiger partial charge >= 0.3 is 0 Å². The normalized spacial score (nSPS) is 23.6. The van der Waals surface area contributed by atoms with Crippen LogP contribution < -0.4 is 0 Å². The second kappa shape index (κ2) is 5.67. The SMILES string of the molecule is C=C(c1ccccc1)C1(O)C(=O)C(C2C=CC=C2)=C1OC(C)C. The van der Waals surface area contributed by atoms with Gasteiger partial charge in [-0.05, 0) is 25.0 Å². The van der Waals surface area contributed by atoms with Crippen molar-refractivity contribution in [1.29, 1.82) is 0 Å². The van der Waals surface area contributed by atoms with Crippen LogP contribution in [0.15, 0.2) is 72.5 Å². The summed E-state index contributed by atoms with van der Waals surface area (Å²) in [6.07, 6.45) is 7.48. The molecule has 2 aliphatic carbocycles. The minimum Gasteiger partial charge on any atom is -0.491 e. The molecule has 118 valence electrons. The van der Waals surface area contributed by atoms with Gasteiger partial charge in [0.05, 0.1) is 11.7 Å². The number of hydrogen-bond acceptors (Lipinski definition) is 3. The van der Waals surface area contributed by atoms with Gasteiger partial charge in [0.1, 0.15) is 5.76 Å². The molecule has 0 saturated heterocycles. The molecule has 0 heterocycles. The molecule has 1 aromatic rings. The van der Waals surface area contributed by atoms with Gasteiger partial charge in [0.2, 0.25) is 11.4 Å². The van der Waals surface area contributed by atoms with Gasteiger partial charge in [-0.3, -0.25) is 4.79 Å². The van der Waals surface area contributed by atoms with Crippen molar-refractivity contribution in [3.05, 3.63) is 78.1 Å². The van der Waals surface area contributed by atoms with E-state index < -0.39 is 5.60 Å². The van der Waals surface area contributed by atoms with Crippen molar-refractivity contribution in [2.45, 2.75) is 25.6 Å². The first kappa shape index (κ1) is 15.5. The minimum atomic E-state index is -1.77. The Morgan fingerprint density at radius 3 is 2.39 bits per heavy atom. The Labute approximate surface area is 136 Å². The number of carbonyl (C=O) groups is 1. The number of carbonyl (C=O) groups excluding carboxylic acids is 1. The molecule has 3 heteroatoms. The lowest BCUT2D eigenvalue weighted by molar-refractivity contribution is -0.135. The van der Waals surface area contributed by atoms with E-state index in [9.17, 15) is 9.90 Å². The third-order valence-electron chi connectivity index (χ3n) is 4.14. The zero-order valence-electron chi connectivity index (χ0n) is 13.3. The van der Waals surface area contributed by atoms with Crippen molar-refractivity contribution in [2.24, 2.45) is 5.92 Å². The summed E-state index contributed by atoms with van der Waals surface area (Å²) < 4.78 is 5.82. The van der Waals surface area contributed by atoms with E-state index in [1.165, 1.54) is 0 Å². The van der Waals surface area contributed by atoms with Gasteiger partial charge in [-0.1, -0.05) is 61.2 Å². The summed E-state index contributed by atoms with van der Waals surface area (Å²) in [5.74, 6) is -0.143. The molecule has 0 bridgehead atoms. The van der Waals surface area contributed by atoms with Crippen LogP contribution in [0, 0.1) is 5.92 Å². The topological polar surface area (TPSA) is 46.5 Å². The van der Waals surface area contributed by atoms with Crippen molar-refractivity contribution < 1.29 is 14.6 Å². The number of ketones is 1. The Bertz CT molecular complexity index is 725. The van der Waals surface area contributed by atoms with Crippen LogP contribution in [0.4, 0.5) is 0 Å². The predicted octanol–water partition coefficient (Wildman–Crippen LogP) is 3.43. The molecule has 1 N–H and O–H groups in total. The molecule has 1 unspecified atom stereocenters. The van der Waals surface area contributed by atoms with E-state index in [0.29, 0.717) is 16.9 Å². The fourth-order valence-corrected chi connectivity index (χ4v) is 2.97. The molecule has 0 amide bonds. The van der Waals surface area contributed by atoms with Crippen LogP contribution >= 0.6 is 0 Å². The lowest BCUT2D eigenvalue weighted by atomic mass is 9.67. The third-order valence-corrected chi connectivity index (χ3v) is 4.14. The van der Waals surface area contributed by atoms with Gasteiger partial charge in [-0.2, -0.15) is 0 Å². The molecule has 2 aliphatic rings. The number of Topliss-reactive ketones (excluding diaryl/α,β-unsaturated/α-hetero) is 1. The summed E-state index contributed by atoms with van der Waals surface area (Å²) in [7, 11) is 0. The quantitative estimate of drug-likeness (QED) is 0.906. The first-order valence-electron chi connectivity index (χ1n) is 7.74. The van der Waals surface area contributed by atoms with Crippen LogP contribution in [0.5, 0.6) is 0 Å². The summed E-state index contributed by atoms with van der Waals surface area (Å²) in [6, 6.07) is 9.23. The second-order valence-electron chi connectivity index (χ2n) is 6.09. The zero-order chi connectivity index (χ0) is 16.6. The van der Waals surface area contributed by atoms with Crippen molar-refractivity contribution in [3.63, 3.8) is 0 Å². The molecular weight excluding hydrogens is 288 g/mol. The predicted molar refractivity (Wildman–Crippen MR) is 90.4 cm³/mol. The standard InChI is InChI=1S/C20H20O3/c1-13(2)23-19-17(16-11-7-8-12-16)18(21)20(19,22)14(3)15-9-5-4-6-10-15/h4-13,16,22H,3H2,1-2H3. The first-order valence-corrected chi connectivity index (χ1v) is 7.74. The molecule has 23 heavy (non-hydrogen) atoms. The number of benzene rings is 1. The van der Waals surface area contributed by atoms with Gasteiger partial charge in [0, 0.05) is 5.92 Å². The highest BCUT2D eigenvalue weighted by Gasteiger charge is 2.58. The summed E-state index contributed by atoms with van der Waals surface area (Å²) in [4.78, 5) is 12.8. The largest absolute Gasteiger partial charge is 0.491 e. The molecule has 1 atom stereocenters. The van der Waals surface area contributed by atoms with E-state index >= 15 is 0 Å². The Hall–Kier alpha value is -2.39. The lowest BCUT2D eigenvalue weighted by Crippen LogP contribution is -2.54. The first-order chi connectivity index (χ1) is 11.0. The van der Waals surface area contributed by atoms with Crippen molar-refractivity contribution in [2.75, 3.05) is 0 Å². The lowest BCUT2D eigenvalue weighted by Gasteiger charge is -2.42. The molecular formula is C20H20O3. The minimum absolute atomic E-state index is 0.139. The zero-order valence-corrected chi connectivity index (χ0v) is 13.3. The average Bonchev–Trinajstić information content (AvgIpc) is 3.07. The second-order valence-corrected chi connectivity index (χ2v) is 6.09. The van der Waals surface area contributed by atoms with Crippen molar-refractivity contribution >= 4 is 11.4 Å². The third kappa shape index (κ3) is 2.37. The summed E-state index contributed by atoms with van der Waals surface area (Å²) in [5.41, 5.74) is -0.174. The Morgan fingerprint density at radius 1 is 1.22 bits per heavy atom. The van der Waals surface area contributed by atoms with Gasteiger partial charge in [0.25, 0.3) is 0 Å². The summed E-state index contributed by atoms with van der Waals surface area (Å²) in [5, 5.41) is 11.1. The molecule has 0 radical (unpaired) electrons. The number of hydrogen-bond donors (Lipinski definition) is 1. The van der Waals surface area contributed by atoms with Crippen molar-refractivity contribution in [3.8, 4) is 0 Å². The molecule has 0 spiro atoms. The smallest absolute Gasteiger partial charge is 0.210 e. The molecule has 1 aromatic carbocycles. The highest BCUT2D eigenvalue weighted by molar-refractivity contribution is 6.20. The van der Waals surface area contributed by atoms with E-state index in [2.05, 4.69) is 6.58 Å². The average molecular weight is 308 g/mol. The van der Waals surface area contributed by atoms with Crippen LogP contribution in [0.25, 0.3) is 5.57 Å². The van der Waals surface area contributed by atoms with E-state index in [0.717, 1.165) is 5.56 Å². The molecule has 0 saturated carbocycles. The number of rotatable bonds is 5. The van der Waals surface area contributed by atoms with Crippen LogP contribution in [0.3, 0.4) is 0 Å². The molecule has 0 aliphatic heterocycles. The summed E-state index contributed by atoms with van der Waals surface area (Å²) >= 11 is 0. The maximum atomic E-state index is 12.8. The van der Waals surface area contributed by atoms with Crippen molar-refractivity contribution in [1.82, 2.24) is 0 Å². The van der Waals surface area contributed by atoms with E-state index in [1.807, 2.05) is 68.5 Å². The fraction of sp³-hybridized carbons (Fsp3) is 0.250. The highest BCUT2D eigenvalue weighted by atomic mass is 16.5. The van der Waals surface area contributed by atoms with Gasteiger partial charge in [-0.15, -0.1) is 0 Å². The fourth-order valence-electron chi connectivity index (χ4n) is 2.97. The molecule has 0 aromatic heterocycles. The number of ether oxygens (including phenoxy) is 1. The molecule has 3 rings (SSSR count). The monoisotopic (exact) mass is 308 g/mol. The van der Waals surface area contributed by atoms with Gasteiger partial charge < -0.3 is 9.84 Å². The maximum absolute atomic E-state index is 12.8. The highest BCUT2D eigenvalue weighted by Crippen LogP contribution is 2.48. The number of aliphatic hydroxyl groups is 1. The Morgan fingerprint density at radius 2 is 1.83 bits per heavy atom.